The van der Waals surface area contributed by atoms with Gasteiger partial charge in [-0.1, -0.05) is 18.2 Å². The van der Waals surface area contributed by atoms with Crippen molar-refractivity contribution in [3.05, 3.63) is 41.6 Å². The maximum absolute atomic E-state index is 14.6. The predicted octanol–water partition coefficient (Wildman–Crippen LogP) is 4.58. The number of hydrogen-bond donors (Lipinski definition) is 0. The van der Waals surface area contributed by atoms with Crippen LogP contribution >= 0.6 is 11.8 Å². The summed E-state index contributed by atoms with van der Waals surface area (Å²) in [6.45, 7) is 7.75. The van der Waals surface area contributed by atoms with Crippen LogP contribution in [-0.4, -0.2) is 23.6 Å². The highest BCUT2D eigenvalue weighted by atomic mass is 32.2. The molecular weight excluding hydrogens is 298 g/mol. The van der Waals surface area contributed by atoms with Crippen LogP contribution in [0.3, 0.4) is 0 Å². The van der Waals surface area contributed by atoms with Crippen LogP contribution < -0.4 is 0 Å². The second kappa shape index (κ2) is 5.70. The average Bonchev–Trinajstić information content (AvgIpc) is 2.67. The highest BCUT2D eigenvalue weighted by molar-refractivity contribution is 8.00. The lowest BCUT2D eigenvalue weighted by Gasteiger charge is -2.32. The highest BCUT2D eigenvalue weighted by Gasteiger charge is 2.53. The molecule has 0 bridgehead atoms. The second-order valence-electron chi connectivity index (χ2n) is 6.94. The van der Waals surface area contributed by atoms with E-state index < -0.39 is 18.3 Å². The van der Waals surface area contributed by atoms with E-state index in [4.69, 9.17) is 9.31 Å². The second-order valence-corrected chi connectivity index (χ2v) is 8.22. The van der Waals surface area contributed by atoms with Crippen molar-refractivity contribution in [3.8, 4) is 0 Å². The van der Waals surface area contributed by atoms with Crippen LogP contribution in [0.1, 0.15) is 39.7 Å². The number of halogens is 1. The molecule has 118 valence electrons. The molecule has 0 aromatic heterocycles. The SMILES string of the molecule is CC1(C)OB(C(F)=CC2CCc3ccccc3S2)OC1(C)C. The Kier molecular flexibility index (Phi) is 4.17. The van der Waals surface area contributed by atoms with E-state index in [0.29, 0.717) is 0 Å². The molecule has 0 radical (unpaired) electrons. The molecule has 2 aliphatic heterocycles. The normalized spacial score (nSPS) is 26.9. The van der Waals surface area contributed by atoms with E-state index >= 15 is 0 Å². The van der Waals surface area contributed by atoms with Gasteiger partial charge in [-0.05, 0) is 58.2 Å². The molecule has 0 aliphatic carbocycles. The van der Waals surface area contributed by atoms with Gasteiger partial charge >= 0.3 is 7.12 Å². The summed E-state index contributed by atoms with van der Waals surface area (Å²) in [5, 5.41) is 0.133. The summed E-state index contributed by atoms with van der Waals surface area (Å²) >= 11 is 1.72. The predicted molar refractivity (Wildman–Crippen MR) is 89.7 cm³/mol. The van der Waals surface area contributed by atoms with Gasteiger partial charge in [0, 0.05) is 10.1 Å². The van der Waals surface area contributed by atoms with Crippen molar-refractivity contribution in [3.63, 3.8) is 0 Å². The summed E-state index contributed by atoms with van der Waals surface area (Å²) in [5.41, 5.74) is 0.0355. The fourth-order valence-electron chi connectivity index (χ4n) is 2.67. The Morgan fingerprint density at radius 1 is 1.23 bits per heavy atom. The fraction of sp³-hybridized carbons (Fsp3) is 0.529. The molecule has 22 heavy (non-hydrogen) atoms. The molecular formula is C17H22BFO2S. The summed E-state index contributed by atoms with van der Waals surface area (Å²) < 4.78 is 26.1. The van der Waals surface area contributed by atoms with Gasteiger partial charge < -0.3 is 9.31 Å². The molecule has 0 amide bonds. The zero-order valence-electron chi connectivity index (χ0n) is 13.6. The van der Waals surface area contributed by atoms with Crippen molar-refractivity contribution in [2.24, 2.45) is 0 Å². The van der Waals surface area contributed by atoms with Gasteiger partial charge in [0.15, 0.2) is 0 Å². The van der Waals surface area contributed by atoms with Gasteiger partial charge in [0.1, 0.15) is 5.73 Å². The molecule has 1 atom stereocenters. The molecule has 2 aliphatic rings. The third-order valence-electron chi connectivity index (χ3n) is 4.77. The zero-order chi connectivity index (χ0) is 16.0. The molecule has 5 heteroatoms. The maximum atomic E-state index is 14.6. The summed E-state index contributed by atoms with van der Waals surface area (Å²) in [6.07, 6.45) is 3.60. The molecule has 2 heterocycles. The van der Waals surface area contributed by atoms with E-state index in [1.165, 1.54) is 10.5 Å². The van der Waals surface area contributed by atoms with Crippen LogP contribution in [0, 0.1) is 0 Å². The van der Waals surface area contributed by atoms with Gasteiger partial charge in [0.05, 0.1) is 11.2 Å². The molecule has 1 aromatic carbocycles. The van der Waals surface area contributed by atoms with E-state index in [2.05, 4.69) is 18.2 Å². The molecule has 0 N–H and O–H groups in total. The van der Waals surface area contributed by atoms with Gasteiger partial charge in [-0.2, -0.15) is 0 Å². The van der Waals surface area contributed by atoms with Gasteiger partial charge in [-0.3, -0.25) is 0 Å². The van der Waals surface area contributed by atoms with Gasteiger partial charge in [-0.25, -0.2) is 4.39 Å². The van der Waals surface area contributed by atoms with Crippen molar-refractivity contribution in [1.29, 1.82) is 0 Å². The Morgan fingerprint density at radius 3 is 2.55 bits per heavy atom. The molecule has 0 spiro atoms. The van der Waals surface area contributed by atoms with Crippen LogP contribution in [-0.2, 0) is 15.7 Å². The molecule has 1 aromatic rings. The lowest BCUT2D eigenvalue weighted by molar-refractivity contribution is 0.00578. The molecule has 1 unspecified atom stereocenters. The zero-order valence-corrected chi connectivity index (χ0v) is 14.4. The summed E-state index contributed by atoms with van der Waals surface area (Å²) in [7, 11) is -0.886. The minimum atomic E-state index is -0.886. The van der Waals surface area contributed by atoms with Crippen LogP contribution in [0.4, 0.5) is 4.39 Å². The van der Waals surface area contributed by atoms with Crippen LogP contribution in [0.5, 0.6) is 0 Å². The van der Waals surface area contributed by atoms with Crippen molar-refractivity contribution in [2.45, 2.75) is 61.9 Å². The largest absolute Gasteiger partial charge is 0.524 e. The Hall–Kier alpha value is -0.775. The van der Waals surface area contributed by atoms with Gasteiger partial charge in [0.2, 0.25) is 0 Å². The summed E-state index contributed by atoms with van der Waals surface area (Å²) in [5.74, 6) is 0. The van der Waals surface area contributed by atoms with Crippen LogP contribution in [0.25, 0.3) is 0 Å². The Bertz CT molecular complexity index is 584. The summed E-state index contributed by atoms with van der Waals surface area (Å²) in [4.78, 5) is 1.25. The third-order valence-corrected chi connectivity index (χ3v) is 6.10. The van der Waals surface area contributed by atoms with Gasteiger partial charge in [-0.15, -0.1) is 11.8 Å². The minimum absolute atomic E-state index is 0.133. The van der Waals surface area contributed by atoms with Crippen molar-refractivity contribution in [1.82, 2.24) is 0 Å². The Labute approximate surface area is 136 Å². The lowest BCUT2D eigenvalue weighted by atomic mass is 9.87. The van der Waals surface area contributed by atoms with Crippen LogP contribution in [0.15, 0.2) is 41.0 Å². The highest BCUT2D eigenvalue weighted by Crippen LogP contribution is 2.40. The quantitative estimate of drug-likeness (QED) is 0.743. The number of hydrogen-bond acceptors (Lipinski definition) is 3. The van der Waals surface area contributed by atoms with E-state index in [-0.39, 0.29) is 11.0 Å². The number of aryl methyl sites for hydroxylation is 1. The Morgan fingerprint density at radius 2 is 1.86 bits per heavy atom. The average molecular weight is 320 g/mol. The molecule has 2 nitrogen and oxygen atoms in total. The molecule has 0 saturated carbocycles. The Balaban J connectivity index is 1.72. The number of fused-ring (bicyclic) bond motifs is 1. The van der Waals surface area contributed by atoms with E-state index in [1.807, 2.05) is 33.8 Å². The molecule has 1 fully saturated rings. The van der Waals surface area contributed by atoms with E-state index in [0.717, 1.165) is 12.8 Å². The third kappa shape index (κ3) is 2.99. The maximum Gasteiger partial charge on any atom is 0.524 e. The number of thioether (sulfide) groups is 1. The number of benzene rings is 1. The first-order valence-corrected chi connectivity index (χ1v) is 8.64. The monoisotopic (exact) mass is 320 g/mol. The summed E-state index contributed by atoms with van der Waals surface area (Å²) in [6, 6.07) is 8.34. The first-order chi connectivity index (χ1) is 10.3. The molecule has 3 rings (SSSR count). The lowest BCUT2D eigenvalue weighted by Crippen LogP contribution is -2.41. The smallest absolute Gasteiger partial charge is 0.398 e. The first kappa shape index (κ1) is 16.1. The van der Waals surface area contributed by atoms with Crippen molar-refractivity contribution >= 4 is 18.9 Å². The first-order valence-electron chi connectivity index (χ1n) is 7.76. The minimum Gasteiger partial charge on any atom is -0.398 e. The van der Waals surface area contributed by atoms with Crippen molar-refractivity contribution in [2.75, 3.05) is 0 Å². The topological polar surface area (TPSA) is 18.5 Å². The number of rotatable bonds is 2. The van der Waals surface area contributed by atoms with Crippen molar-refractivity contribution < 1.29 is 13.7 Å². The van der Waals surface area contributed by atoms with E-state index in [1.54, 1.807) is 17.8 Å². The standard InChI is InChI=1S/C17H22BFO2S/c1-16(2)17(3,4)21-18(20-16)15(19)11-13-10-9-12-7-5-6-8-14(12)22-13/h5-8,11,13H,9-10H2,1-4H3. The van der Waals surface area contributed by atoms with E-state index in [9.17, 15) is 4.39 Å². The molecule has 1 saturated heterocycles. The van der Waals surface area contributed by atoms with Gasteiger partial charge in [0.25, 0.3) is 0 Å². The van der Waals surface area contributed by atoms with Crippen LogP contribution in [0.2, 0.25) is 0 Å². The fourth-order valence-corrected chi connectivity index (χ4v) is 3.91.